The molecule has 4 heteroatoms. The molecule has 22 heavy (non-hydrogen) atoms. The molecular formula is C18H17NO2S. The van der Waals surface area contributed by atoms with E-state index in [0.717, 1.165) is 11.5 Å². The quantitative estimate of drug-likeness (QED) is 0.626. The van der Waals surface area contributed by atoms with E-state index in [1.54, 1.807) is 36.0 Å². The van der Waals surface area contributed by atoms with Gasteiger partial charge in [-0.1, -0.05) is 36.4 Å². The molecule has 112 valence electrons. The van der Waals surface area contributed by atoms with Crippen LogP contribution in [0.25, 0.3) is 0 Å². The molecule has 1 heterocycles. The number of nitrogens with zero attached hydrogens (tertiary/aromatic N) is 1. The summed E-state index contributed by atoms with van der Waals surface area (Å²) in [6.07, 6.45) is 0. The summed E-state index contributed by atoms with van der Waals surface area (Å²) in [6.45, 7) is 2.56. The molecule has 0 radical (unpaired) electrons. The fourth-order valence-electron chi connectivity index (χ4n) is 2.55. The molecule has 1 aliphatic heterocycles. The van der Waals surface area contributed by atoms with E-state index in [1.807, 2.05) is 12.1 Å². The van der Waals surface area contributed by atoms with Gasteiger partial charge >= 0.3 is 0 Å². The largest absolute Gasteiger partial charge is 0.274 e. The highest BCUT2D eigenvalue weighted by Gasteiger charge is 2.34. The number of imide groups is 1. The van der Waals surface area contributed by atoms with Crippen LogP contribution in [0.5, 0.6) is 0 Å². The lowest BCUT2D eigenvalue weighted by Gasteiger charge is -2.13. The Bertz CT molecular complexity index is 692. The Morgan fingerprint density at radius 1 is 0.909 bits per heavy atom. The molecule has 0 N–H and O–H groups in total. The summed E-state index contributed by atoms with van der Waals surface area (Å²) < 4.78 is 0. The molecule has 2 amide bonds. The smallest absolute Gasteiger partial charge is 0.261 e. The molecule has 3 nitrogen and oxygen atoms in total. The van der Waals surface area contributed by atoms with E-state index >= 15 is 0 Å². The van der Waals surface area contributed by atoms with Crippen LogP contribution >= 0.6 is 11.8 Å². The summed E-state index contributed by atoms with van der Waals surface area (Å²) in [5, 5.41) is 0. The van der Waals surface area contributed by atoms with E-state index in [4.69, 9.17) is 0 Å². The average molecular weight is 311 g/mol. The molecule has 2 aromatic carbocycles. The summed E-state index contributed by atoms with van der Waals surface area (Å²) in [4.78, 5) is 25.8. The van der Waals surface area contributed by atoms with Crippen LogP contribution in [0.4, 0.5) is 0 Å². The zero-order chi connectivity index (χ0) is 15.5. The SMILES string of the molecule is Cc1ccccc1CSCCN1C(=O)c2ccccc2C1=O. The van der Waals surface area contributed by atoms with Crippen LogP contribution in [0.3, 0.4) is 0 Å². The zero-order valence-electron chi connectivity index (χ0n) is 12.4. The van der Waals surface area contributed by atoms with Crippen LogP contribution in [0.1, 0.15) is 31.8 Å². The zero-order valence-corrected chi connectivity index (χ0v) is 13.2. The van der Waals surface area contributed by atoms with Crippen LogP contribution < -0.4 is 0 Å². The fourth-order valence-corrected chi connectivity index (χ4v) is 3.55. The average Bonchev–Trinajstić information content (AvgIpc) is 2.78. The third kappa shape index (κ3) is 2.79. The number of thioether (sulfide) groups is 1. The van der Waals surface area contributed by atoms with Crippen molar-refractivity contribution in [1.29, 1.82) is 0 Å². The Morgan fingerprint density at radius 3 is 2.14 bits per heavy atom. The number of hydrogen-bond donors (Lipinski definition) is 0. The number of carbonyl (C=O) groups excluding carboxylic acids is 2. The van der Waals surface area contributed by atoms with Gasteiger partial charge < -0.3 is 0 Å². The summed E-state index contributed by atoms with van der Waals surface area (Å²) in [5.74, 6) is 1.31. The number of carbonyl (C=O) groups is 2. The molecule has 0 saturated heterocycles. The fraction of sp³-hybridized carbons (Fsp3) is 0.222. The lowest BCUT2D eigenvalue weighted by Crippen LogP contribution is -2.31. The van der Waals surface area contributed by atoms with Crippen molar-refractivity contribution in [2.24, 2.45) is 0 Å². The highest BCUT2D eigenvalue weighted by Crippen LogP contribution is 2.23. The lowest BCUT2D eigenvalue weighted by molar-refractivity contribution is 0.0664. The highest BCUT2D eigenvalue weighted by molar-refractivity contribution is 7.98. The molecule has 0 saturated carbocycles. The van der Waals surface area contributed by atoms with E-state index in [9.17, 15) is 9.59 Å². The van der Waals surface area contributed by atoms with Crippen LogP contribution in [0.2, 0.25) is 0 Å². The number of aryl methyl sites for hydroxylation is 1. The maximum absolute atomic E-state index is 12.2. The molecule has 0 bridgehead atoms. The molecule has 1 aliphatic rings. The van der Waals surface area contributed by atoms with Gasteiger partial charge in [0, 0.05) is 18.1 Å². The van der Waals surface area contributed by atoms with Gasteiger partial charge in [-0.15, -0.1) is 0 Å². The van der Waals surface area contributed by atoms with Crippen molar-refractivity contribution in [2.75, 3.05) is 12.3 Å². The van der Waals surface area contributed by atoms with Gasteiger partial charge in [-0.25, -0.2) is 0 Å². The standard InChI is InChI=1S/C18H17NO2S/c1-13-6-2-3-7-14(13)12-22-11-10-19-17(20)15-8-4-5-9-16(15)18(19)21/h2-9H,10-12H2,1H3. The summed E-state index contributed by atoms with van der Waals surface area (Å²) in [5.41, 5.74) is 3.62. The molecule has 0 spiro atoms. The molecule has 3 rings (SSSR count). The summed E-state index contributed by atoms with van der Waals surface area (Å²) in [6, 6.07) is 15.3. The highest BCUT2D eigenvalue weighted by atomic mass is 32.2. The molecular weight excluding hydrogens is 294 g/mol. The van der Waals surface area contributed by atoms with Crippen LogP contribution in [0.15, 0.2) is 48.5 Å². The van der Waals surface area contributed by atoms with E-state index in [1.165, 1.54) is 16.0 Å². The Balaban J connectivity index is 1.56. The van der Waals surface area contributed by atoms with Gasteiger partial charge in [-0.2, -0.15) is 11.8 Å². The van der Waals surface area contributed by atoms with Crippen molar-refractivity contribution in [2.45, 2.75) is 12.7 Å². The summed E-state index contributed by atoms with van der Waals surface area (Å²) in [7, 11) is 0. The second-order valence-corrected chi connectivity index (χ2v) is 6.39. The first kappa shape index (κ1) is 14.9. The van der Waals surface area contributed by atoms with Gasteiger partial charge in [0.05, 0.1) is 11.1 Å². The van der Waals surface area contributed by atoms with Crippen molar-refractivity contribution in [3.8, 4) is 0 Å². The van der Waals surface area contributed by atoms with E-state index in [2.05, 4.69) is 19.1 Å². The van der Waals surface area contributed by atoms with Crippen molar-refractivity contribution in [1.82, 2.24) is 4.90 Å². The molecule has 2 aromatic rings. The number of amides is 2. The van der Waals surface area contributed by atoms with E-state index in [0.29, 0.717) is 17.7 Å². The minimum Gasteiger partial charge on any atom is -0.274 e. The van der Waals surface area contributed by atoms with Gasteiger partial charge in [-0.3, -0.25) is 14.5 Å². The molecule has 0 aliphatic carbocycles. The van der Waals surface area contributed by atoms with Crippen molar-refractivity contribution in [3.05, 3.63) is 70.8 Å². The minimum atomic E-state index is -0.169. The molecule has 0 aromatic heterocycles. The van der Waals surface area contributed by atoms with Crippen LogP contribution in [0, 0.1) is 6.92 Å². The van der Waals surface area contributed by atoms with Gasteiger partial charge in [0.25, 0.3) is 11.8 Å². The van der Waals surface area contributed by atoms with Crippen molar-refractivity contribution < 1.29 is 9.59 Å². The summed E-state index contributed by atoms with van der Waals surface area (Å²) >= 11 is 1.74. The van der Waals surface area contributed by atoms with Crippen LogP contribution in [-0.4, -0.2) is 29.0 Å². The predicted octanol–water partition coefficient (Wildman–Crippen LogP) is 3.52. The second kappa shape index (κ2) is 6.36. The first-order valence-electron chi connectivity index (χ1n) is 7.26. The van der Waals surface area contributed by atoms with E-state index in [-0.39, 0.29) is 11.8 Å². The Morgan fingerprint density at radius 2 is 1.50 bits per heavy atom. The number of rotatable bonds is 5. The maximum Gasteiger partial charge on any atom is 0.261 e. The van der Waals surface area contributed by atoms with Gasteiger partial charge in [0.1, 0.15) is 0 Å². The van der Waals surface area contributed by atoms with Gasteiger partial charge in [-0.05, 0) is 30.2 Å². The third-order valence-electron chi connectivity index (χ3n) is 3.86. The van der Waals surface area contributed by atoms with Gasteiger partial charge in [0.2, 0.25) is 0 Å². The monoisotopic (exact) mass is 311 g/mol. The van der Waals surface area contributed by atoms with Crippen LogP contribution in [-0.2, 0) is 5.75 Å². The van der Waals surface area contributed by atoms with Crippen molar-refractivity contribution >= 4 is 23.6 Å². The molecule has 0 unspecified atom stereocenters. The Hall–Kier alpha value is -2.07. The Labute approximate surface area is 134 Å². The maximum atomic E-state index is 12.2. The predicted molar refractivity (Wildman–Crippen MR) is 89.2 cm³/mol. The number of benzene rings is 2. The molecule has 0 atom stereocenters. The third-order valence-corrected chi connectivity index (χ3v) is 4.84. The first-order chi connectivity index (χ1) is 10.7. The molecule has 0 fully saturated rings. The Kier molecular flexibility index (Phi) is 4.29. The normalized spacial score (nSPS) is 13.6. The van der Waals surface area contributed by atoms with Gasteiger partial charge in [0.15, 0.2) is 0 Å². The number of fused-ring (bicyclic) bond motifs is 1. The number of hydrogen-bond acceptors (Lipinski definition) is 3. The van der Waals surface area contributed by atoms with E-state index < -0.39 is 0 Å². The van der Waals surface area contributed by atoms with Crippen molar-refractivity contribution in [3.63, 3.8) is 0 Å². The minimum absolute atomic E-state index is 0.169. The lowest BCUT2D eigenvalue weighted by atomic mass is 10.1. The first-order valence-corrected chi connectivity index (χ1v) is 8.41. The topological polar surface area (TPSA) is 37.4 Å². The second-order valence-electron chi connectivity index (χ2n) is 5.29.